The maximum atomic E-state index is 13.0. The summed E-state index contributed by atoms with van der Waals surface area (Å²) in [5.41, 5.74) is 6.42. The zero-order chi connectivity index (χ0) is 18.2. The topological polar surface area (TPSA) is 105 Å². The van der Waals surface area contributed by atoms with Crippen molar-refractivity contribution in [2.24, 2.45) is 5.73 Å². The number of ether oxygens (including phenoxy) is 1. The Kier molecular flexibility index (Phi) is 4.13. The number of carbonyl (C=O) groups is 1. The Morgan fingerprint density at radius 2 is 1.88 bits per heavy atom. The number of amides is 1. The third-order valence-electron chi connectivity index (χ3n) is 3.95. The van der Waals surface area contributed by atoms with Gasteiger partial charge in [-0.25, -0.2) is 8.42 Å². The number of H-pyrrole nitrogens is 1. The number of nitrogens with one attached hydrogen (secondary N) is 1. The van der Waals surface area contributed by atoms with Crippen LogP contribution in [0.25, 0.3) is 10.9 Å². The van der Waals surface area contributed by atoms with Gasteiger partial charge in [0.25, 0.3) is 15.9 Å². The second kappa shape index (κ2) is 6.14. The Balaban J connectivity index is 2.16. The zero-order valence-corrected chi connectivity index (χ0v) is 14.5. The Hall–Kier alpha value is -3.00. The highest BCUT2D eigenvalue weighted by molar-refractivity contribution is 7.93. The third kappa shape index (κ3) is 2.80. The molecule has 0 atom stereocenters. The normalized spacial score (nSPS) is 11.4. The van der Waals surface area contributed by atoms with Crippen molar-refractivity contribution >= 4 is 32.5 Å². The molecule has 0 aliphatic heterocycles. The van der Waals surface area contributed by atoms with E-state index in [-0.39, 0.29) is 16.3 Å². The number of aromatic nitrogens is 1. The number of primary amides is 1. The van der Waals surface area contributed by atoms with Crippen molar-refractivity contribution in [2.75, 3.05) is 18.5 Å². The molecule has 130 valence electrons. The second-order valence-electron chi connectivity index (χ2n) is 5.41. The standard InChI is InChI=1S/C17H17N3O4S/c1-20(25(22,23)15-9-4-3-8-14(15)24-2)13-7-5-6-11-10-12(17(18)21)19-16(11)13/h3-10,19H,1-2H3,(H2,18,21). The van der Waals surface area contributed by atoms with Crippen LogP contribution in [0.1, 0.15) is 10.5 Å². The maximum Gasteiger partial charge on any atom is 0.267 e. The van der Waals surface area contributed by atoms with Gasteiger partial charge in [0, 0.05) is 12.4 Å². The molecule has 0 spiro atoms. The van der Waals surface area contributed by atoms with Gasteiger partial charge in [-0.1, -0.05) is 24.3 Å². The van der Waals surface area contributed by atoms with E-state index < -0.39 is 15.9 Å². The minimum Gasteiger partial charge on any atom is -0.495 e. The molecule has 8 heteroatoms. The van der Waals surface area contributed by atoms with Gasteiger partial charge in [-0.2, -0.15) is 0 Å². The summed E-state index contributed by atoms with van der Waals surface area (Å²) in [6.07, 6.45) is 0. The van der Waals surface area contributed by atoms with Gasteiger partial charge >= 0.3 is 0 Å². The number of hydrogen-bond donors (Lipinski definition) is 2. The van der Waals surface area contributed by atoms with E-state index in [1.54, 1.807) is 42.5 Å². The SMILES string of the molecule is COc1ccccc1S(=O)(=O)N(C)c1cccc2cc(C(N)=O)[nH]c12. The minimum absolute atomic E-state index is 0.0543. The fourth-order valence-corrected chi connectivity index (χ4v) is 4.01. The van der Waals surface area contributed by atoms with Crippen LogP contribution in [-0.4, -0.2) is 33.5 Å². The zero-order valence-electron chi connectivity index (χ0n) is 13.7. The first kappa shape index (κ1) is 16.8. The first-order valence-corrected chi connectivity index (χ1v) is 8.83. The van der Waals surface area contributed by atoms with Crippen LogP contribution in [0.4, 0.5) is 5.69 Å². The highest BCUT2D eigenvalue weighted by Crippen LogP contribution is 2.32. The number of anilines is 1. The van der Waals surface area contributed by atoms with E-state index in [0.717, 1.165) is 4.31 Å². The Morgan fingerprint density at radius 3 is 2.56 bits per heavy atom. The van der Waals surface area contributed by atoms with E-state index in [1.807, 2.05) is 0 Å². The van der Waals surface area contributed by atoms with Gasteiger partial charge in [0.2, 0.25) is 0 Å². The third-order valence-corrected chi connectivity index (χ3v) is 5.76. The van der Waals surface area contributed by atoms with Crippen molar-refractivity contribution in [2.45, 2.75) is 4.90 Å². The van der Waals surface area contributed by atoms with Crippen LogP contribution >= 0.6 is 0 Å². The van der Waals surface area contributed by atoms with E-state index in [9.17, 15) is 13.2 Å². The summed E-state index contributed by atoms with van der Waals surface area (Å²) in [4.78, 5) is 14.3. The highest BCUT2D eigenvalue weighted by atomic mass is 32.2. The minimum atomic E-state index is -3.87. The lowest BCUT2D eigenvalue weighted by molar-refractivity contribution is 0.0996. The molecule has 0 saturated carbocycles. The molecular weight excluding hydrogens is 342 g/mol. The number of methoxy groups -OCH3 is 1. The summed E-state index contributed by atoms with van der Waals surface area (Å²) in [6.45, 7) is 0. The summed E-state index contributed by atoms with van der Waals surface area (Å²) < 4.78 is 32.4. The van der Waals surface area contributed by atoms with Crippen LogP contribution in [0.3, 0.4) is 0 Å². The summed E-state index contributed by atoms with van der Waals surface area (Å²) in [6, 6.07) is 13.1. The monoisotopic (exact) mass is 359 g/mol. The largest absolute Gasteiger partial charge is 0.495 e. The Labute approximate surface area is 145 Å². The molecular formula is C17H17N3O4S. The number of hydrogen-bond acceptors (Lipinski definition) is 4. The maximum absolute atomic E-state index is 13.0. The van der Waals surface area contributed by atoms with Crippen molar-refractivity contribution in [1.29, 1.82) is 0 Å². The van der Waals surface area contributed by atoms with Crippen LogP contribution in [0.2, 0.25) is 0 Å². The molecule has 0 bridgehead atoms. The molecule has 7 nitrogen and oxygen atoms in total. The Morgan fingerprint density at radius 1 is 1.16 bits per heavy atom. The van der Waals surface area contributed by atoms with E-state index in [0.29, 0.717) is 16.6 Å². The molecule has 2 aromatic carbocycles. The van der Waals surface area contributed by atoms with Crippen LogP contribution in [0.5, 0.6) is 5.75 Å². The van der Waals surface area contributed by atoms with Crippen LogP contribution in [-0.2, 0) is 10.0 Å². The molecule has 0 radical (unpaired) electrons. The van der Waals surface area contributed by atoms with Crippen molar-refractivity contribution in [1.82, 2.24) is 4.98 Å². The molecule has 0 fully saturated rings. The van der Waals surface area contributed by atoms with Gasteiger partial charge in [0.15, 0.2) is 0 Å². The van der Waals surface area contributed by atoms with Crippen molar-refractivity contribution in [3.05, 3.63) is 54.2 Å². The number of nitrogens with two attached hydrogens (primary N) is 1. The smallest absolute Gasteiger partial charge is 0.267 e. The number of aromatic amines is 1. The molecule has 0 aliphatic rings. The second-order valence-corrected chi connectivity index (χ2v) is 7.35. The highest BCUT2D eigenvalue weighted by Gasteiger charge is 2.26. The fourth-order valence-electron chi connectivity index (χ4n) is 2.64. The van der Waals surface area contributed by atoms with Crippen LogP contribution < -0.4 is 14.8 Å². The van der Waals surface area contributed by atoms with E-state index in [2.05, 4.69) is 4.98 Å². The number of sulfonamides is 1. The fraction of sp³-hybridized carbons (Fsp3) is 0.118. The number of nitrogens with zero attached hydrogens (tertiary/aromatic N) is 1. The van der Waals surface area contributed by atoms with Gasteiger partial charge < -0.3 is 15.5 Å². The Bertz CT molecular complexity index is 1060. The van der Waals surface area contributed by atoms with Gasteiger partial charge in [-0.3, -0.25) is 9.10 Å². The first-order chi connectivity index (χ1) is 11.9. The first-order valence-electron chi connectivity index (χ1n) is 7.39. The molecule has 1 amide bonds. The lowest BCUT2D eigenvalue weighted by Crippen LogP contribution is -2.27. The van der Waals surface area contributed by atoms with Gasteiger partial charge in [0.05, 0.1) is 18.3 Å². The van der Waals surface area contributed by atoms with E-state index in [1.165, 1.54) is 20.2 Å². The summed E-state index contributed by atoms with van der Waals surface area (Å²) >= 11 is 0. The molecule has 0 aliphatic carbocycles. The number of fused-ring (bicyclic) bond motifs is 1. The summed E-state index contributed by atoms with van der Waals surface area (Å²) in [5.74, 6) is -0.358. The molecule has 3 rings (SSSR count). The molecule has 3 N–H and O–H groups in total. The lowest BCUT2D eigenvalue weighted by atomic mass is 10.2. The molecule has 1 heterocycles. The van der Waals surface area contributed by atoms with E-state index in [4.69, 9.17) is 10.5 Å². The molecule has 0 saturated heterocycles. The van der Waals surface area contributed by atoms with Crippen molar-refractivity contribution in [3.8, 4) is 5.75 Å². The van der Waals surface area contributed by atoms with Gasteiger partial charge in [0.1, 0.15) is 16.3 Å². The molecule has 3 aromatic rings. The van der Waals surface area contributed by atoms with Gasteiger partial charge in [-0.05, 0) is 24.3 Å². The number of benzene rings is 2. The predicted molar refractivity (Wildman–Crippen MR) is 95.4 cm³/mol. The average molecular weight is 359 g/mol. The van der Waals surface area contributed by atoms with Crippen molar-refractivity contribution < 1.29 is 17.9 Å². The summed E-state index contributed by atoms with van der Waals surface area (Å²) in [5, 5.41) is 0.688. The molecule has 25 heavy (non-hydrogen) atoms. The average Bonchev–Trinajstić information content (AvgIpc) is 3.05. The van der Waals surface area contributed by atoms with Crippen LogP contribution in [0.15, 0.2) is 53.4 Å². The van der Waals surface area contributed by atoms with Gasteiger partial charge in [-0.15, -0.1) is 0 Å². The molecule has 1 aromatic heterocycles. The number of carbonyl (C=O) groups excluding carboxylic acids is 1. The molecule has 0 unspecified atom stereocenters. The quantitative estimate of drug-likeness (QED) is 0.727. The predicted octanol–water partition coefficient (Wildman–Crippen LogP) is 2.10. The number of rotatable bonds is 5. The summed E-state index contributed by atoms with van der Waals surface area (Å²) in [7, 11) is -1.00. The van der Waals surface area contributed by atoms with E-state index >= 15 is 0 Å². The lowest BCUT2D eigenvalue weighted by Gasteiger charge is -2.21. The van der Waals surface area contributed by atoms with Crippen LogP contribution in [0, 0.1) is 0 Å². The number of para-hydroxylation sites is 2. The van der Waals surface area contributed by atoms with Crippen molar-refractivity contribution in [3.63, 3.8) is 0 Å².